The van der Waals surface area contributed by atoms with Gasteiger partial charge in [-0.15, -0.1) is 0 Å². The third-order valence-electron chi connectivity index (χ3n) is 3.32. The highest BCUT2D eigenvalue weighted by Crippen LogP contribution is 2.22. The Hall–Kier alpha value is -2.35. The van der Waals surface area contributed by atoms with E-state index in [0.717, 1.165) is 22.5 Å². The van der Waals surface area contributed by atoms with E-state index in [1.54, 1.807) is 25.3 Å². The fourth-order valence-corrected chi connectivity index (χ4v) is 2.59. The number of methoxy groups -OCH3 is 1. The summed E-state index contributed by atoms with van der Waals surface area (Å²) in [7, 11) is 1.57. The summed E-state index contributed by atoms with van der Waals surface area (Å²) >= 11 is 3.38. The number of aromatic nitrogens is 2. The summed E-state index contributed by atoms with van der Waals surface area (Å²) in [5, 5.41) is 9.14. The van der Waals surface area contributed by atoms with Crippen molar-refractivity contribution in [2.75, 3.05) is 37.4 Å². The van der Waals surface area contributed by atoms with Gasteiger partial charge < -0.3 is 20.7 Å². The summed E-state index contributed by atoms with van der Waals surface area (Å²) in [5.74, 6) is 1.79. The zero-order chi connectivity index (χ0) is 18.2. The van der Waals surface area contributed by atoms with Crippen LogP contribution in [-0.2, 0) is 0 Å². The van der Waals surface area contributed by atoms with Crippen molar-refractivity contribution in [1.29, 1.82) is 0 Å². The Morgan fingerprint density at radius 1 is 1.20 bits per heavy atom. The lowest BCUT2D eigenvalue weighted by Crippen LogP contribution is -2.29. The standard InChI is InChI=1S/C17H22BrN5O2/c1-4-19-17-22-11(2)9-15(23-17)20-7-8-21-16(24)13-10-12(25-3)5-6-14(13)18/h5-6,9-10H,4,7-8H2,1-3H3,(H,21,24)(H2,19,20,22,23). The van der Waals surface area contributed by atoms with Gasteiger partial charge in [-0.2, -0.15) is 4.98 Å². The highest BCUT2D eigenvalue weighted by molar-refractivity contribution is 9.10. The van der Waals surface area contributed by atoms with Crippen LogP contribution in [0.4, 0.5) is 11.8 Å². The average molecular weight is 408 g/mol. The molecule has 0 saturated heterocycles. The van der Waals surface area contributed by atoms with Gasteiger partial charge in [0.05, 0.1) is 12.7 Å². The molecule has 1 aromatic carbocycles. The largest absolute Gasteiger partial charge is 0.497 e. The Morgan fingerprint density at radius 3 is 2.72 bits per heavy atom. The lowest BCUT2D eigenvalue weighted by Gasteiger charge is -2.11. The number of halogens is 1. The number of amides is 1. The van der Waals surface area contributed by atoms with Crippen molar-refractivity contribution in [1.82, 2.24) is 15.3 Å². The molecule has 3 N–H and O–H groups in total. The molecule has 7 nitrogen and oxygen atoms in total. The van der Waals surface area contributed by atoms with E-state index in [0.29, 0.717) is 30.4 Å². The van der Waals surface area contributed by atoms with Gasteiger partial charge in [0.2, 0.25) is 5.95 Å². The van der Waals surface area contributed by atoms with Gasteiger partial charge in [0, 0.05) is 35.9 Å². The van der Waals surface area contributed by atoms with Crippen molar-refractivity contribution in [3.63, 3.8) is 0 Å². The van der Waals surface area contributed by atoms with Crippen molar-refractivity contribution >= 4 is 33.6 Å². The summed E-state index contributed by atoms with van der Waals surface area (Å²) in [6, 6.07) is 7.14. The van der Waals surface area contributed by atoms with Gasteiger partial charge in [0.25, 0.3) is 5.91 Å². The van der Waals surface area contributed by atoms with E-state index in [4.69, 9.17) is 4.74 Å². The number of ether oxygens (including phenoxy) is 1. The first-order valence-electron chi connectivity index (χ1n) is 7.98. The van der Waals surface area contributed by atoms with Crippen molar-refractivity contribution in [3.8, 4) is 5.75 Å². The third-order valence-corrected chi connectivity index (χ3v) is 4.02. The van der Waals surface area contributed by atoms with E-state index in [9.17, 15) is 4.79 Å². The predicted octanol–water partition coefficient (Wildman–Crippen LogP) is 2.83. The molecule has 2 aromatic rings. The average Bonchev–Trinajstić information content (AvgIpc) is 2.59. The molecule has 1 amide bonds. The Balaban J connectivity index is 1.88. The quantitative estimate of drug-likeness (QED) is 0.583. The number of hydrogen-bond acceptors (Lipinski definition) is 6. The number of carbonyl (C=O) groups excluding carboxylic acids is 1. The Labute approximate surface area is 155 Å². The molecule has 0 atom stereocenters. The molecule has 0 fully saturated rings. The molecule has 25 heavy (non-hydrogen) atoms. The first kappa shape index (κ1) is 19.0. The summed E-state index contributed by atoms with van der Waals surface area (Å²) in [4.78, 5) is 20.9. The van der Waals surface area contributed by atoms with Crippen molar-refractivity contribution in [2.24, 2.45) is 0 Å². The number of aryl methyl sites for hydroxylation is 1. The van der Waals surface area contributed by atoms with Crippen molar-refractivity contribution < 1.29 is 9.53 Å². The van der Waals surface area contributed by atoms with Gasteiger partial charge in [-0.1, -0.05) is 0 Å². The Kier molecular flexibility index (Phi) is 7.00. The Bertz CT molecular complexity index is 739. The van der Waals surface area contributed by atoms with Crippen LogP contribution in [0.2, 0.25) is 0 Å². The molecule has 0 unspecified atom stereocenters. The molecular weight excluding hydrogens is 386 g/mol. The molecule has 0 bridgehead atoms. The second-order valence-corrected chi connectivity index (χ2v) is 6.13. The van der Waals surface area contributed by atoms with E-state index >= 15 is 0 Å². The number of rotatable bonds is 8. The van der Waals surface area contributed by atoms with Crippen molar-refractivity contribution in [3.05, 3.63) is 40.0 Å². The van der Waals surface area contributed by atoms with Crippen LogP contribution in [0.15, 0.2) is 28.7 Å². The topological polar surface area (TPSA) is 88.2 Å². The summed E-state index contributed by atoms with van der Waals surface area (Å²) < 4.78 is 5.88. The number of nitrogens with one attached hydrogen (secondary N) is 3. The van der Waals surface area contributed by atoms with Crippen LogP contribution in [0.25, 0.3) is 0 Å². The molecular formula is C17H22BrN5O2. The number of carbonyl (C=O) groups is 1. The minimum atomic E-state index is -0.167. The molecule has 0 aliphatic rings. The van der Waals surface area contributed by atoms with Crippen molar-refractivity contribution in [2.45, 2.75) is 13.8 Å². The summed E-state index contributed by atoms with van der Waals surface area (Å²) in [6.07, 6.45) is 0. The number of benzene rings is 1. The minimum Gasteiger partial charge on any atom is -0.497 e. The van der Waals surface area contributed by atoms with E-state index in [-0.39, 0.29) is 5.91 Å². The maximum Gasteiger partial charge on any atom is 0.252 e. The van der Waals surface area contributed by atoms with Crippen LogP contribution < -0.4 is 20.7 Å². The van der Waals surface area contributed by atoms with Crippen LogP contribution in [0, 0.1) is 6.92 Å². The maximum atomic E-state index is 12.3. The maximum absolute atomic E-state index is 12.3. The SMILES string of the molecule is CCNc1nc(C)cc(NCCNC(=O)c2cc(OC)ccc2Br)n1. The zero-order valence-corrected chi connectivity index (χ0v) is 16.1. The lowest BCUT2D eigenvalue weighted by molar-refractivity contribution is 0.0954. The molecule has 0 spiro atoms. The molecule has 0 aliphatic heterocycles. The molecule has 1 heterocycles. The number of nitrogens with zero attached hydrogens (tertiary/aromatic N) is 2. The van der Waals surface area contributed by atoms with Gasteiger partial charge in [-0.25, -0.2) is 4.98 Å². The van der Waals surface area contributed by atoms with Crippen LogP contribution in [0.3, 0.4) is 0 Å². The van der Waals surface area contributed by atoms with E-state index in [1.165, 1.54) is 0 Å². The molecule has 0 saturated carbocycles. The van der Waals surface area contributed by atoms with Gasteiger partial charge in [0.1, 0.15) is 11.6 Å². The number of anilines is 2. The van der Waals surface area contributed by atoms with Gasteiger partial charge in [0.15, 0.2) is 0 Å². The monoisotopic (exact) mass is 407 g/mol. The van der Waals surface area contributed by atoms with E-state index in [2.05, 4.69) is 41.8 Å². The van der Waals surface area contributed by atoms with Crippen LogP contribution >= 0.6 is 15.9 Å². The predicted molar refractivity (Wildman–Crippen MR) is 102 cm³/mol. The van der Waals surface area contributed by atoms with Gasteiger partial charge in [-0.3, -0.25) is 4.79 Å². The normalized spacial score (nSPS) is 10.2. The first-order valence-corrected chi connectivity index (χ1v) is 8.78. The fraction of sp³-hybridized carbons (Fsp3) is 0.353. The lowest BCUT2D eigenvalue weighted by atomic mass is 10.2. The molecule has 8 heteroatoms. The van der Waals surface area contributed by atoms with Gasteiger partial charge in [-0.05, 0) is 48.0 Å². The number of hydrogen-bond donors (Lipinski definition) is 3. The molecule has 134 valence electrons. The van der Waals surface area contributed by atoms with Gasteiger partial charge >= 0.3 is 0 Å². The highest BCUT2D eigenvalue weighted by Gasteiger charge is 2.11. The second kappa shape index (κ2) is 9.22. The Morgan fingerprint density at radius 2 is 2.00 bits per heavy atom. The van der Waals surface area contributed by atoms with Crippen LogP contribution in [0.1, 0.15) is 23.0 Å². The van der Waals surface area contributed by atoms with E-state index in [1.807, 2.05) is 19.9 Å². The molecule has 0 radical (unpaired) electrons. The molecule has 0 aliphatic carbocycles. The minimum absolute atomic E-state index is 0.167. The molecule has 1 aromatic heterocycles. The fourth-order valence-electron chi connectivity index (χ4n) is 2.16. The summed E-state index contributed by atoms with van der Waals surface area (Å²) in [6.45, 7) is 5.67. The second-order valence-electron chi connectivity index (χ2n) is 5.28. The van der Waals surface area contributed by atoms with E-state index < -0.39 is 0 Å². The smallest absolute Gasteiger partial charge is 0.252 e. The first-order chi connectivity index (χ1) is 12.0. The molecule has 2 rings (SSSR count). The van der Waals surface area contributed by atoms with Crippen LogP contribution in [0.5, 0.6) is 5.75 Å². The summed E-state index contributed by atoms with van der Waals surface area (Å²) in [5.41, 5.74) is 1.41. The van der Waals surface area contributed by atoms with Crippen LogP contribution in [-0.4, -0.2) is 42.6 Å². The third kappa shape index (κ3) is 5.60. The zero-order valence-electron chi connectivity index (χ0n) is 14.5. The highest BCUT2D eigenvalue weighted by atomic mass is 79.9.